The van der Waals surface area contributed by atoms with Crippen molar-refractivity contribution in [2.45, 2.75) is 44.8 Å². The second-order valence-corrected chi connectivity index (χ2v) is 5.82. The van der Waals surface area contributed by atoms with Crippen molar-refractivity contribution in [3.05, 3.63) is 16.1 Å². The zero-order chi connectivity index (χ0) is 11.0. The third kappa shape index (κ3) is 1.90. The summed E-state index contributed by atoms with van der Waals surface area (Å²) in [6.45, 7) is 5.72. The van der Waals surface area contributed by atoms with E-state index in [1.807, 2.05) is 5.51 Å². The molecule has 2 unspecified atom stereocenters. The third-order valence-electron chi connectivity index (χ3n) is 3.98. The number of fused-ring (bicyclic) bond motifs is 1. The van der Waals surface area contributed by atoms with Gasteiger partial charge in [-0.25, -0.2) is 4.98 Å². The van der Waals surface area contributed by atoms with Gasteiger partial charge in [0.25, 0.3) is 0 Å². The van der Waals surface area contributed by atoms with Gasteiger partial charge in [0.05, 0.1) is 11.2 Å². The molecule has 1 aromatic rings. The average Bonchev–Trinajstić information content (AvgIpc) is 2.92. The Bertz CT molecular complexity index is 363. The van der Waals surface area contributed by atoms with E-state index in [0.29, 0.717) is 6.04 Å². The van der Waals surface area contributed by atoms with Gasteiger partial charge in [-0.15, -0.1) is 11.3 Å². The lowest BCUT2D eigenvalue weighted by molar-refractivity contribution is 0.298. The molecule has 0 aliphatic carbocycles. The molecule has 88 valence electrons. The fraction of sp³-hybridized carbons (Fsp3) is 0.750. The van der Waals surface area contributed by atoms with Gasteiger partial charge in [-0.2, -0.15) is 0 Å². The van der Waals surface area contributed by atoms with Gasteiger partial charge in [0.2, 0.25) is 0 Å². The largest absolute Gasteiger partial charge is 0.307 e. The van der Waals surface area contributed by atoms with E-state index >= 15 is 0 Å². The zero-order valence-electron chi connectivity index (χ0n) is 9.78. The van der Waals surface area contributed by atoms with Crippen molar-refractivity contribution in [3.8, 4) is 0 Å². The van der Waals surface area contributed by atoms with Gasteiger partial charge in [-0.1, -0.05) is 0 Å². The van der Waals surface area contributed by atoms with Crippen LogP contribution in [0, 0.1) is 6.92 Å². The summed E-state index contributed by atoms with van der Waals surface area (Å²) in [5.74, 6) is 0. The fourth-order valence-corrected chi connectivity index (χ4v) is 3.77. The van der Waals surface area contributed by atoms with E-state index < -0.39 is 0 Å². The van der Waals surface area contributed by atoms with Crippen molar-refractivity contribution >= 4 is 11.3 Å². The molecule has 0 radical (unpaired) electrons. The van der Waals surface area contributed by atoms with Crippen LogP contribution in [0.15, 0.2) is 5.51 Å². The monoisotopic (exact) mass is 237 g/mol. The Balaban J connectivity index is 1.58. The van der Waals surface area contributed by atoms with Gasteiger partial charge in [-0.05, 0) is 32.7 Å². The van der Waals surface area contributed by atoms with Crippen LogP contribution in [0.25, 0.3) is 0 Å². The van der Waals surface area contributed by atoms with Crippen LogP contribution in [0.3, 0.4) is 0 Å². The molecular weight excluding hydrogens is 218 g/mol. The first-order valence-electron chi connectivity index (χ1n) is 6.21. The van der Waals surface area contributed by atoms with E-state index in [1.165, 1.54) is 42.9 Å². The number of hydrogen-bond acceptors (Lipinski definition) is 4. The van der Waals surface area contributed by atoms with E-state index in [0.717, 1.165) is 12.6 Å². The van der Waals surface area contributed by atoms with Crippen molar-refractivity contribution in [2.75, 3.05) is 13.1 Å². The summed E-state index contributed by atoms with van der Waals surface area (Å²) in [6.07, 6.45) is 4.10. The lowest BCUT2D eigenvalue weighted by Crippen LogP contribution is -2.38. The van der Waals surface area contributed by atoms with Crippen LogP contribution in [0.1, 0.15) is 29.8 Å². The number of nitrogens with zero attached hydrogens (tertiary/aromatic N) is 2. The Kier molecular flexibility index (Phi) is 2.96. The van der Waals surface area contributed by atoms with Gasteiger partial charge in [0, 0.05) is 30.1 Å². The second-order valence-electron chi connectivity index (χ2n) is 4.88. The predicted octanol–water partition coefficient (Wildman–Crippen LogP) is 1.78. The van der Waals surface area contributed by atoms with Crippen molar-refractivity contribution < 1.29 is 0 Å². The van der Waals surface area contributed by atoms with Crippen LogP contribution in [0.5, 0.6) is 0 Å². The topological polar surface area (TPSA) is 28.2 Å². The molecule has 0 bridgehead atoms. The van der Waals surface area contributed by atoms with Gasteiger partial charge in [0.1, 0.15) is 0 Å². The lowest BCUT2D eigenvalue weighted by atomic mass is 10.1. The standard InChI is InChI=1S/C12H19N3S/c1-9-12(16-8-14-9)7-13-10-4-6-15-5-2-3-11(10)15/h8,10-11,13H,2-7H2,1H3. The van der Waals surface area contributed by atoms with Crippen molar-refractivity contribution in [3.63, 3.8) is 0 Å². The van der Waals surface area contributed by atoms with Crippen LogP contribution < -0.4 is 5.32 Å². The average molecular weight is 237 g/mol. The summed E-state index contributed by atoms with van der Waals surface area (Å²) >= 11 is 1.77. The third-order valence-corrected chi connectivity index (χ3v) is 4.91. The smallest absolute Gasteiger partial charge is 0.0798 e. The highest BCUT2D eigenvalue weighted by Gasteiger charge is 2.36. The first-order chi connectivity index (χ1) is 7.84. The van der Waals surface area contributed by atoms with Gasteiger partial charge < -0.3 is 5.32 Å². The summed E-state index contributed by atoms with van der Waals surface area (Å²) in [6, 6.07) is 1.53. The van der Waals surface area contributed by atoms with Crippen LogP contribution in [0.2, 0.25) is 0 Å². The maximum atomic E-state index is 4.30. The zero-order valence-corrected chi connectivity index (χ0v) is 10.6. The Labute approximate surface area is 101 Å². The fourth-order valence-electron chi connectivity index (χ4n) is 3.04. The van der Waals surface area contributed by atoms with Gasteiger partial charge in [-0.3, -0.25) is 4.90 Å². The van der Waals surface area contributed by atoms with E-state index in [4.69, 9.17) is 0 Å². The van der Waals surface area contributed by atoms with Gasteiger partial charge >= 0.3 is 0 Å². The molecule has 3 rings (SSSR count). The minimum atomic E-state index is 0.712. The summed E-state index contributed by atoms with van der Waals surface area (Å²) in [5.41, 5.74) is 3.14. The van der Waals surface area contributed by atoms with Crippen LogP contribution in [-0.2, 0) is 6.54 Å². The molecule has 2 fully saturated rings. The molecule has 4 heteroatoms. The summed E-state index contributed by atoms with van der Waals surface area (Å²) in [7, 11) is 0. The molecule has 0 aromatic carbocycles. The molecule has 2 aliphatic rings. The molecular formula is C12H19N3S. The number of aryl methyl sites for hydroxylation is 1. The van der Waals surface area contributed by atoms with Crippen molar-refractivity contribution in [1.82, 2.24) is 15.2 Å². The summed E-state index contributed by atoms with van der Waals surface area (Å²) in [4.78, 5) is 8.35. The molecule has 3 nitrogen and oxygen atoms in total. The molecule has 1 aromatic heterocycles. The maximum absolute atomic E-state index is 4.30. The molecule has 0 spiro atoms. The Hall–Kier alpha value is -0.450. The lowest BCUT2D eigenvalue weighted by Gasteiger charge is -2.21. The minimum absolute atomic E-state index is 0.712. The highest BCUT2D eigenvalue weighted by molar-refractivity contribution is 7.09. The number of thiazole rings is 1. The van der Waals surface area contributed by atoms with E-state index in [-0.39, 0.29) is 0 Å². The molecule has 2 aliphatic heterocycles. The van der Waals surface area contributed by atoms with Crippen LogP contribution in [0.4, 0.5) is 0 Å². The normalized spacial score (nSPS) is 29.8. The van der Waals surface area contributed by atoms with Crippen LogP contribution in [-0.4, -0.2) is 35.1 Å². The molecule has 2 saturated heterocycles. The van der Waals surface area contributed by atoms with Crippen molar-refractivity contribution in [2.24, 2.45) is 0 Å². The van der Waals surface area contributed by atoms with E-state index in [1.54, 1.807) is 11.3 Å². The van der Waals surface area contributed by atoms with Crippen molar-refractivity contribution in [1.29, 1.82) is 0 Å². The van der Waals surface area contributed by atoms with Gasteiger partial charge in [0.15, 0.2) is 0 Å². The summed E-state index contributed by atoms with van der Waals surface area (Å²) in [5, 5.41) is 3.72. The second kappa shape index (κ2) is 4.43. The predicted molar refractivity (Wildman–Crippen MR) is 66.7 cm³/mol. The highest BCUT2D eigenvalue weighted by atomic mass is 32.1. The van der Waals surface area contributed by atoms with E-state index in [9.17, 15) is 0 Å². The molecule has 3 heterocycles. The Morgan fingerprint density at radius 1 is 1.50 bits per heavy atom. The number of rotatable bonds is 3. The Morgan fingerprint density at radius 2 is 2.44 bits per heavy atom. The maximum Gasteiger partial charge on any atom is 0.0798 e. The quantitative estimate of drug-likeness (QED) is 0.868. The SMILES string of the molecule is Cc1ncsc1CNC1CCN2CCCC12. The minimum Gasteiger partial charge on any atom is -0.307 e. The Morgan fingerprint density at radius 3 is 3.25 bits per heavy atom. The molecule has 0 amide bonds. The van der Waals surface area contributed by atoms with E-state index in [2.05, 4.69) is 22.1 Å². The van der Waals surface area contributed by atoms with Crippen LogP contribution >= 0.6 is 11.3 Å². The molecule has 16 heavy (non-hydrogen) atoms. The molecule has 0 saturated carbocycles. The first-order valence-corrected chi connectivity index (χ1v) is 7.09. The number of nitrogens with one attached hydrogen (secondary N) is 1. The molecule has 2 atom stereocenters. The number of aromatic nitrogens is 1. The first kappa shape index (κ1) is 10.7. The highest BCUT2D eigenvalue weighted by Crippen LogP contribution is 2.28. The summed E-state index contributed by atoms with van der Waals surface area (Å²) < 4.78 is 0. The number of hydrogen-bond donors (Lipinski definition) is 1. The molecule has 1 N–H and O–H groups in total.